The minimum Gasteiger partial charge on any atom is -0.369 e. The Hall–Kier alpha value is -4.13. The number of carbonyl (C=O) groups is 3. The van der Waals surface area contributed by atoms with Crippen molar-refractivity contribution in [2.24, 2.45) is 23.5 Å². The summed E-state index contributed by atoms with van der Waals surface area (Å²) in [6, 6.07) is 27.9. The second kappa shape index (κ2) is 15.0. The van der Waals surface area contributed by atoms with E-state index in [1.54, 1.807) is 17.0 Å². The van der Waals surface area contributed by atoms with Gasteiger partial charge in [0.25, 0.3) is 5.91 Å². The summed E-state index contributed by atoms with van der Waals surface area (Å²) in [5.41, 5.74) is 11.8. The summed E-state index contributed by atoms with van der Waals surface area (Å²) in [4.78, 5) is 43.7. The topological polar surface area (TPSA) is 92.5 Å². The number of carbonyl (C=O) groups excluding carboxylic acids is 3. The zero-order chi connectivity index (χ0) is 33.8. The maximum Gasteiger partial charge on any atom is 0.254 e. The number of nitrogens with one attached hydrogen (secondary N) is 1. The van der Waals surface area contributed by atoms with Gasteiger partial charge in [-0.1, -0.05) is 129 Å². The van der Waals surface area contributed by atoms with Crippen molar-refractivity contribution in [3.63, 3.8) is 0 Å². The number of hydrogen-bond donors (Lipinski definition) is 2. The molecule has 8 heteroatoms. The van der Waals surface area contributed by atoms with Crippen molar-refractivity contribution in [3.05, 3.63) is 112 Å². The molecular weight excluding hydrogens is 641 g/mol. The van der Waals surface area contributed by atoms with E-state index in [1.807, 2.05) is 78.9 Å². The Morgan fingerprint density at radius 3 is 2.35 bits per heavy atom. The van der Waals surface area contributed by atoms with Crippen LogP contribution in [0, 0.1) is 17.8 Å². The number of unbranched alkanes of at least 4 members (excludes halogenated alkanes) is 1. The number of rotatable bonds is 12. The average molecular weight is 683 g/mol. The van der Waals surface area contributed by atoms with E-state index >= 15 is 0 Å². The third-order valence-electron chi connectivity index (χ3n) is 9.93. The molecule has 4 aromatic rings. The number of anilines is 1. The standard InChI is InChI=1S/C40H41Cl2N3O3/c1-2-3-14-33(38(43)46)34(22-25-10-8-11-25)39(47)44-37-32-17-5-4-15-30(32)31-16-6-7-18-36(31)45(40(37)48)24-26-12-9-13-27(21-26)29-20-19-28(41)23-35(29)42/h4-7,9,12-13,15-21,23,25,33-34,37H,2-3,8,10-11,14,22,24H2,1H3,(H2,43,46)(H,44,47). The summed E-state index contributed by atoms with van der Waals surface area (Å²) in [6.07, 6.45) is 6.05. The van der Waals surface area contributed by atoms with Crippen molar-refractivity contribution in [2.75, 3.05) is 4.90 Å². The number of halogens is 2. The van der Waals surface area contributed by atoms with Crippen LogP contribution in [0.3, 0.4) is 0 Å². The highest BCUT2D eigenvalue weighted by molar-refractivity contribution is 6.36. The fourth-order valence-electron chi connectivity index (χ4n) is 7.14. The van der Waals surface area contributed by atoms with Crippen LogP contribution < -0.4 is 16.0 Å². The molecule has 2 aliphatic rings. The highest BCUT2D eigenvalue weighted by Crippen LogP contribution is 2.42. The number of primary amides is 1. The van der Waals surface area contributed by atoms with Gasteiger partial charge in [-0.05, 0) is 65.3 Å². The SMILES string of the molecule is CCCCC(C(N)=O)C(CC1CCC1)C(=O)NC1C(=O)N(Cc2cccc(-c3ccc(Cl)cc3Cl)c2)c2ccccc2-c2ccccc21. The van der Waals surface area contributed by atoms with E-state index < -0.39 is 23.8 Å². The smallest absolute Gasteiger partial charge is 0.254 e. The lowest BCUT2D eigenvalue weighted by atomic mass is 9.73. The van der Waals surface area contributed by atoms with Crippen molar-refractivity contribution in [1.29, 1.82) is 0 Å². The van der Waals surface area contributed by atoms with Crippen LogP contribution in [0.2, 0.25) is 10.0 Å². The molecule has 0 saturated heterocycles. The molecule has 0 bridgehead atoms. The zero-order valence-electron chi connectivity index (χ0n) is 27.1. The minimum absolute atomic E-state index is 0.248. The summed E-state index contributed by atoms with van der Waals surface area (Å²) in [5, 5.41) is 4.26. The first kappa shape index (κ1) is 33.8. The molecule has 4 aromatic carbocycles. The fraction of sp³-hybridized carbons (Fsp3) is 0.325. The number of nitrogens with two attached hydrogens (primary N) is 1. The predicted molar refractivity (Wildman–Crippen MR) is 194 cm³/mol. The average Bonchev–Trinajstić information content (AvgIpc) is 3.15. The molecule has 3 amide bonds. The maximum absolute atomic E-state index is 14.8. The first-order valence-electron chi connectivity index (χ1n) is 16.9. The van der Waals surface area contributed by atoms with Crippen LogP contribution in [0.15, 0.2) is 91.0 Å². The number of amides is 3. The van der Waals surface area contributed by atoms with E-state index in [4.69, 9.17) is 28.9 Å². The zero-order valence-corrected chi connectivity index (χ0v) is 28.6. The molecule has 6 nitrogen and oxygen atoms in total. The molecule has 1 aliphatic carbocycles. The minimum atomic E-state index is -0.960. The van der Waals surface area contributed by atoms with Gasteiger partial charge in [0.15, 0.2) is 0 Å². The van der Waals surface area contributed by atoms with Gasteiger partial charge in [-0.15, -0.1) is 0 Å². The van der Waals surface area contributed by atoms with Gasteiger partial charge in [-0.3, -0.25) is 14.4 Å². The predicted octanol–water partition coefficient (Wildman–Crippen LogP) is 9.13. The van der Waals surface area contributed by atoms with E-state index in [0.717, 1.165) is 71.2 Å². The molecule has 3 unspecified atom stereocenters. The molecule has 1 aliphatic heterocycles. The van der Waals surface area contributed by atoms with Crippen LogP contribution in [0.25, 0.3) is 22.3 Å². The second-order valence-electron chi connectivity index (χ2n) is 13.1. The summed E-state index contributed by atoms with van der Waals surface area (Å²) in [5.74, 6) is -1.80. The quantitative estimate of drug-likeness (QED) is 0.156. The molecule has 0 aromatic heterocycles. The summed E-state index contributed by atoms with van der Waals surface area (Å²) in [6.45, 7) is 2.33. The molecule has 0 radical (unpaired) electrons. The first-order valence-corrected chi connectivity index (χ1v) is 17.6. The van der Waals surface area contributed by atoms with Crippen molar-refractivity contribution in [3.8, 4) is 22.3 Å². The summed E-state index contributed by atoms with van der Waals surface area (Å²) in [7, 11) is 0. The Morgan fingerprint density at radius 2 is 1.65 bits per heavy atom. The number of nitrogens with zero attached hydrogens (tertiary/aromatic N) is 1. The van der Waals surface area contributed by atoms with E-state index in [1.165, 1.54) is 0 Å². The Morgan fingerprint density at radius 1 is 0.896 bits per heavy atom. The lowest BCUT2D eigenvalue weighted by Gasteiger charge is -2.33. The van der Waals surface area contributed by atoms with Gasteiger partial charge in [0.05, 0.1) is 12.2 Å². The van der Waals surface area contributed by atoms with Crippen molar-refractivity contribution < 1.29 is 14.4 Å². The van der Waals surface area contributed by atoms with Crippen LogP contribution in [0.4, 0.5) is 5.69 Å². The van der Waals surface area contributed by atoms with Crippen molar-refractivity contribution >= 4 is 46.6 Å². The van der Waals surface area contributed by atoms with Gasteiger partial charge >= 0.3 is 0 Å². The number of benzene rings is 4. The number of fused-ring (bicyclic) bond motifs is 3. The second-order valence-corrected chi connectivity index (χ2v) is 13.9. The monoisotopic (exact) mass is 681 g/mol. The van der Waals surface area contributed by atoms with Crippen LogP contribution in [-0.4, -0.2) is 17.7 Å². The van der Waals surface area contributed by atoms with Crippen LogP contribution in [0.1, 0.15) is 69.0 Å². The number of hydrogen-bond acceptors (Lipinski definition) is 3. The Kier molecular flexibility index (Phi) is 10.5. The molecule has 0 spiro atoms. The molecule has 248 valence electrons. The van der Waals surface area contributed by atoms with Crippen LogP contribution in [0.5, 0.6) is 0 Å². The Bertz CT molecular complexity index is 1820. The number of para-hydroxylation sites is 1. The maximum atomic E-state index is 14.8. The van der Waals surface area contributed by atoms with E-state index in [9.17, 15) is 14.4 Å². The highest BCUT2D eigenvalue weighted by Gasteiger charge is 2.40. The molecule has 1 fully saturated rings. The Labute approximate surface area is 292 Å². The largest absolute Gasteiger partial charge is 0.369 e. The van der Waals surface area contributed by atoms with Crippen molar-refractivity contribution in [2.45, 2.75) is 64.5 Å². The van der Waals surface area contributed by atoms with Gasteiger partial charge in [0.2, 0.25) is 11.8 Å². The lowest BCUT2D eigenvalue weighted by molar-refractivity contribution is -0.136. The molecular formula is C40H41Cl2N3O3. The third-order valence-corrected chi connectivity index (χ3v) is 10.5. The molecule has 1 heterocycles. The van der Waals surface area contributed by atoms with Crippen LogP contribution in [-0.2, 0) is 20.9 Å². The molecule has 3 atom stereocenters. The fourth-order valence-corrected chi connectivity index (χ4v) is 7.66. The Balaban J connectivity index is 1.38. The van der Waals surface area contributed by atoms with E-state index in [2.05, 4.69) is 12.2 Å². The molecule has 3 N–H and O–H groups in total. The lowest BCUT2D eigenvalue weighted by Crippen LogP contribution is -2.47. The van der Waals surface area contributed by atoms with E-state index in [-0.39, 0.29) is 18.4 Å². The summed E-state index contributed by atoms with van der Waals surface area (Å²) < 4.78 is 0. The van der Waals surface area contributed by atoms with Gasteiger partial charge in [-0.2, -0.15) is 0 Å². The van der Waals surface area contributed by atoms with Crippen molar-refractivity contribution in [1.82, 2.24) is 5.32 Å². The highest BCUT2D eigenvalue weighted by atomic mass is 35.5. The first-order chi connectivity index (χ1) is 23.2. The summed E-state index contributed by atoms with van der Waals surface area (Å²) >= 11 is 12.7. The normalized spacial score (nSPS) is 17.0. The molecule has 1 saturated carbocycles. The van der Waals surface area contributed by atoms with Gasteiger partial charge < -0.3 is 16.0 Å². The molecule has 48 heavy (non-hydrogen) atoms. The van der Waals surface area contributed by atoms with Gasteiger partial charge in [0, 0.05) is 33.0 Å². The van der Waals surface area contributed by atoms with Gasteiger partial charge in [-0.25, -0.2) is 0 Å². The third kappa shape index (κ3) is 7.15. The molecule has 6 rings (SSSR count). The van der Waals surface area contributed by atoms with Gasteiger partial charge in [0.1, 0.15) is 6.04 Å². The van der Waals surface area contributed by atoms with Crippen LogP contribution >= 0.6 is 23.2 Å². The van der Waals surface area contributed by atoms with E-state index in [0.29, 0.717) is 28.8 Å².